The fourth-order valence-corrected chi connectivity index (χ4v) is 6.01. The average molecular weight is 397 g/mol. The number of aromatic nitrogens is 1. The summed E-state index contributed by atoms with van der Waals surface area (Å²) in [5, 5.41) is 10.6. The Kier molecular flexibility index (Phi) is 3.98. The molecule has 6 nitrogen and oxygen atoms in total. The molecule has 0 radical (unpaired) electrons. The van der Waals surface area contributed by atoms with Crippen molar-refractivity contribution in [2.45, 2.75) is 45.2 Å². The minimum Gasteiger partial charge on any atom is -0.362 e. The van der Waals surface area contributed by atoms with E-state index in [4.69, 9.17) is 0 Å². The summed E-state index contributed by atoms with van der Waals surface area (Å²) in [5.74, 6) is 0.526. The summed E-state index contributed by atoms with van der Waals surface area (Å²) in [4.78, 5) is 31.2. The van der Waals surface area contributed by atoms with E-state index in [2.05, 4.69) is 20.9 Å². The van der Waals surface area contributed by atoms with E-state index in [1.807, 2.05) is 38.1 Å². The quantitative estimate of drug-likeness (QED) is 0.723. The van der Waals surface area contributed by atoms with Gasteiger partial charge in [0.1, 0.15) is 5.66 Å². The molecule has 146 valence electrons. The van der Waals surface area contributed by atoms with Gasteiger partial charge >= 0.3 is 0 Å². The molecule has 4 atom stereocenters. The lowest BCUT2D eigenvalue weighted by Crippen LogP contribution is -2.67. The first-order chi connectivity index (χ1) is 13.4. The normalized spacial score (nSPS) is 30.5. The monoisotopic (exact) mass is 396 g/mol. The molecule has 2 heterocycles. The molecule has 3 N–H and O–H groups in total. The summed E-state index contributed by atoms with van der Waals surface area (Å²) in [6.07, 6.45) is 3.63. The van der Waals surface area contributed by atoms with Gasteiger partial charge in [0.25, 0.3) is 5.91 Å². The molecule has 28 heavy (non-hydrogen) atoms. The van der Waals surface area contributed by atoms with Crippen molar-refractivity contribution < 1.29 is 9.59 Å². The number of hydrogen-bond donors (Lipinski definition) is 3. The molecule has 0 unspecified atom stereocenters. The maximum absolute atomic E-state index is 13.0. The van der Waals surface area contributed by atoms with Crippen molar-refractivity contribution in [2.24, 2.45) is 17.8 Å². The Labute approximate surface area is 168 Å². The van der Waals surface area contributed by atoms with Crippen LogP contribution in [0.2, 0.25) is 0 Å². The highest BCUT2D eigenvalue weighted by atomic mass is 32.1. The smallest absolute Gasteiger partial charge is 0.255 e. The summed E-state index contributed by atoms with van der Waals surface area (Å²) < 4.78 is 0. The first-order valence-electron chi connectivity index (χ1n) is 9.90. The summed E-state index contributed by atoms with van der Waals surface area (Å²) in [5.41, 5.74) is 2.13. The van der Waals surface area contributed by atoms with E-state index < -0.39 is 5.66 Å². The van der Waals surface area contributed by atoms with Crippen molar-refractivity contribution in [3.63, 3.8) is 0 Å². The number of nitrogens with one attached hydrogen (secondary N) is 3. The lowest BCUT2D eigenvalue weighted by Gasteiger charge is -2.56. The molecule has 3 aliphatic carbocycles. The standard InChI is InChI=1S/C21H24N4O2S/c1-11-12(2)28-20(22-11)23-18(26)16-9-14-8-7-13(16)10-21(14)24-17-6-4-3-5-15(17)19(27)25-21/h3-6,13-14,16,24H,7-10H2,1-2H3,(H,25,27)(H,22,23,26)/t13-,14-,16+,21-/m1/s1. The summed E-state index contributed by atoms with van der Waals surface area (Å²) in [6.45, 7) is 3.98. The zero-order valence-corrected chi connectivity index (χ0v) is 16.9. The third-order valence-electron chi connectivity index (χ3n) is 6.74. The van der Waals surface area contributed by atoms with Gasteiger partial charge in [-0.05, 0) is 57.6 Å². The number of carbonyl (C=O) groups excluding carboxylic acids is 2. The number of thiazole rings is 1. The van der Waals surface area contributed by atoms with Crippen LogP contribution in [0.15, 0.2) is 24.3 Å². The first kappa shape index (κ1) is 17.7. The minimum atomic E-state index is -0.431. The Balaban J connectivity index is 1.35. The van der Waals surface area contributed by atoms with Crippen LogP contribution in [0.4, 0.5) is 10.8 Å². The molecule has 0 saturated heterocycles. The molecule has 6 rings (SSSR count). The van der Waals surface area contributed by atoms with Gasteiger partial charge in [-0.15, -0.1) is 11.3 Å². The van der Waals surface area contributed by atoms with Crippen LogP contribution >= 0.6 is 11.3 Å². The first-order valence-corrected chi connectivity index (χ1v) is 10.7. The van der Waals surface area contributed by atoms with E-state index >= 15 is 0 Å². The Morgan fingerprint density at radius 2 is 2.07 bits per heavy atom. The zero-order valence-electron chi connectivity index (χ0n) is 16.0. The van der Waals surface area contributed by atoms with Crippen LogP contribution in [-0.2, 0) is 4.79 Å². The number of rotatable bonds is 2. The number of nitrogens with zero attached hydrogens (tertiary/aromatic N) is 1. The Morgan fingerprint density at radius 1 is 1.25 bits per heavy atom. The SMILES string of the molecule is Cc1nc(NC(=O)[C@H]2C[C@H]3CC[C@@H]2C[C@@]32NC(=O)c3ccccc3N2)sc1C. The second-order valence-electron chi connectivity index (χ2n) is 8.33. The fourth-order valence-electron chi connectivity index (χ4n) is 5.19. The Hall–Kier alpha value is -2.41. The van der Waals surface area contributed by atoms with Crippen molar-refractivity contribution in [2.75, 3.05) is 10.6 Å². The van der Waals surface area contributed by atoms with E-state index in [1.54, 1.807) is 0 Å². The van der Waals surface area contributed by atoms with Crippen LogP contribution < -0.4 is 16.0 Å². The summed E-state index contributed by atoms with van der Waals surface area (Å²) in [6, 6.07) is 7.65. The largest absolute Gasteiger partial charge is 0.362 e. The Morgan fingerprint density at radius 3 is 2.79 bits per heavy atom. The molecule has 1 aliphatic heterocycles. The number of para-hydroxylation sites is 1. The highest BCUT2D eigenvalue weighted by molar-refractivity contribution is 7.15. The number of carbonyl (C=O) groups is 2. The van der Waals surface area contributed by atoms with Crippen molar-refractivity contribution in [3.8, 4) is 0 Å². The third-order valence-corrected chi connectivity index (χ3v) is 7.72. The van der Waals surface area contributed by atoms with Crippen LogP contribution in [0.1, 0.15) is 46.6 Å². The van der Waals surface area contributed by atoms with Crippen LogP contribution in [0.3, 0.4) is 0 Å². The molecule has 2 bridgehead atoms. The number of hydrogen-bond acceptors (Lipinski definition) is 5. The molecule has 1 spiro atoms. The molecule has 3 saturated carbocycles. The molecule has 4 aliphatic rings. The predicted octanol–water partition coefficient (Wildman–Crippen LogP) is 3.69. The lowest BCUT2D eigenvalue weighted by atomic mass is 9.58. The van der Waals surface area contributed by atoms with Crippen molar-refractivity contribution in [1.82, 2.24) is 10.3 Å². The molecule has 1 aromatic carbocycles. The van der Waals surface area contributed by atoms with Gasteiger partial charge in [0, 0.05) is 22.4 Å². The number of amides is 2. The van der Waals surface area contributed by atoms with E-state index in [1.165, 1.54) is 11.3 Å². The van der Waals surface area contributed by atoms with Gasteiger partial charge in [-0.3, -0.25) is 9.59 Å². The average Bonchev–Trinajstić information content (AvgIpc) is 2.99. The molecule has 2 amide bonds. The van der Waals surface area contributed by atoms with E-state index in [-0.39, 0.29) is 29.6 Å². The fraction of sp³-hybridized carbons (Fsp3) is 0.476. The Bertz CT molecular complexity index is 952. The van der Waals surface area contributed by atoms with Crippen LogP contribution in [0, 0.1) is 31.6 Å². The summed E-state index contributed by atoms with van der Waals surface area (Å²) >= 11 is 1.53. The molecule has 1 aromatic heterocycles. The predicted molar refractivity (Wildman–Crippen MR) is 109 cm³/mol. The molecular formula is C21H24N4O2S. The van der Waals surface area contributed by atoms with E-state index in [0.717, 1.165) is 41.9 Å². The van der Waals surface area contributed by atoms with Crippen molar-refractivity contribution in [1.29, 1.82) is 0 Å². The topological polar surface area (TPSA) is 83.1 Å². The van der Waals surface area contributed by atoms with Gasteiger partial charge in [0.2, 0.25) is 5.91 Å². The molecule has 3 fully saturated rings. The van der Waals surface area contributed by atoms with Crippen molar-refractivity contribution in [3.05, 3.63) is 40.4 Å². The lowest BCUT2D eigenvalue weighted by molar-refractivity contribution is -0.126. The second-order valence-corrected chi connectivity index (χ2v) is 9.53. The van der Waals surface area contributed by atoms with Gasteiger partial charge in [0.05, 0.1) is 11.3 Å². The number of anilines is 2. The zero-order chi connectivity index (χ0) is 19.5. The number of benzene rings is 1. The highest BCUT2D eigenvalue weighted by Gasteiger charge is 2.55. The molecular weight excluding hydrogens is 372 g/mol. The highest BCUT2D eigenvalue weighted by Crippen LogP contribution is 2.52. The number of fused-ring (bicyclic) bond motifs is 3. The van der Waals surface area contributed by atoms with Gasteiger partial charge in [-0.2, -0.15) is 0 Å². The van der Waals surface area contributed by atoms with E-state index in [9.17, 15) is 9.59 Å². The van der Waals surface area contributed by atoms with Gasteiger partial charge < -0.3 is 16.0 Å². The van der Waals surface area contributed by atoms with Gasteiger partial charge in [-0.25, -0.2) is 4.98 Å². The molecule has 7 heteroatoms. The van der Waals surface area contributed by atoms with Gasteiger partial charge in [-0.1, -0.05) is 12.1 Å². The second kappa shape index (κ2) is 6.30. The van der Waals surface area contributed by atoms with Gasteiger partial charge in [0.15, 0.2) is 5.13 Å². The number of aryl methyl sites for hydroxylation is 2. The molecule has 2 aromatic rings. The minimum absolute atomic E-state index is 0.0170. The van der Waals surface area contributed by atoms with Crippen molar-refractivity contribution >= 4 is 34.0 Å². The van der Waals surface area contributed by atoms with Crippen LogP contribution in [0.25, 0.3) is 0 Å². The maximum atomic E-state index is 13.0. The van der Waals surface area contributed by atoms with Crippen LogP contribution in [0.5, 0.6) is 0 Å². The third kappa shape index (κ3) is 2.71. The van der Waals surface area contributed by atoms with Crippen LogP contribution in [-0.4, -0.2) is 22.5 Å². The van der Waals surface area contributed by atoms with E-state index in [0.29, 0.717) is 10.7 Å². The summed E-state index contributed by atoms with van der Waals surface area (Å²) in [7, 11) is 0. The maximum Gasteiger partial charge on any atom is 0.255 e.